The summed E-state index contributed by atoms with van der Waals surface area (Å²) in [7, 11) is -1.31. The van der Waals surface area contributed by atoms with Gasteiger partial charge in [-0.3, -0.25) is 0 Å². The maximum atomic E-state index is 4.14. The van der Waals surface area contributed by atoms with Crippen LogP contribution in [0.2, 0.25) is 12.1 Å². The molecule has 0 aliphatic rings. The van der Waals surface area contributed by atoms with E-state index in [0.29, 0.717) is 0 Å². The third-order valence-electron chi connectivity index (χ3n) is 2.91. The Kier molecular flexibility index (Phi) is 4.54. The van der Waals surface area contributed by atoms with Gasteiger partial charge < -0.3 is 0 Å². The second kappa shape index (κ2) is 4.66. The van der Waals surface area contributed by atoms with E-state index >= 15 is 0 Å². The molecule has 0 rings (SSSR count). The van der Waals surface area contributed by atoms with Crippen molar-refractivity contribution in [2.24, 2.45) is 0 Å². The Balaban J connectivity index is 4.76. The molecule has 0 atom stereocenters. The highest BCUT2D eigenvalue weighted by atomic mass is 28.3. The molecule has 0 spiro atoms. The Bertz CT molecular complexity index is 165. The zero-order valence-electron chi connectivity index (χ0n) is 9.04. The van der Waals surface area contributed by atoms with Crippen LogP contribution in [0.1, 0.15) is 34.1 Å². The minimum Gasteiger partial charge on any atom is -0.104 e. The molecule has 0 aliphatic carbocycles. The highest BCUT2D eigenvalue weighted by molar-refractivity contribution is 6.92. The summed E-state index contributed by atoms with van der Waals surface area (Å²) in [6.45, 7) is 17.2. The Labute approximate surface area is 78.4 Å². The summed E-state index contributed by atoms with van der Waals surface area (Å²) < 4.78 is 0. The lowest BCUT2D eigenvalue weighted by Gasteiger charge is -2.31. The van der Waals surface area contributed by atoms with Crippen LogP contribution in [-0.2, 0) is 0 Å². The van der Waals surface area contributed by atoms with Gasteiger partial charge in [-0.25, -0.2) is 0 Å². The smallest absolute Gasteiger partial charge is 0.104 e. The highest BCUT2D eigenvalue weighted by Crippen LogP contribution is 2.30. The Hall–Kier alpha value is -0.303. The predicted octanol–water partition coefficient (Wildman–Crippen LogP) is 4.10. The zero-order chi connectivity index (χ0) is 9.78. The van der Waals surface area contributed by atoms with E-state index in [1.807, 2.05) is 0 Å². The summed E-state index contributed by atoms with van der Waals surface area (Å²) >= 11 is 0. The van der Waals surface area contributed by atoms with Crippen LogP contribution in [0.15, 0.2) is 23.6 Å². The Morgan fingerprint density at radius 2 is 1.50 bits per heavy atom. The van der Waals surface area contributed by atoms with Crippen molar-refractivity contribution in [2.75, 3.05) is 0 Å². The number of rotatable bonds is 5. The van der Waals surface area contributed by atoms with Gasteiger partial charge in [-0.05, 0) is 13.8 Å². The van der Waals surface area contributed by atoms with Crippen LogP contribution in [0, 0.1) is 0 Å². The monoisotopic (exact) mass is 182 g/mol. The van der Waals surface area contributed by atoms with Crippen LogP contribution in [0.4, 0.5) is 0 Å². The van der Waals surface area contributed by atoms with Gasteiger partial charge in [0.25, 0.3) is 0 Å². The molecule has 1 heteroatoms. The fourth-order valence-corrected chi connectivity index (χ4v) is 5.99. The quantitative estimate of drug-likeness (QED) is 0.562. The van der Waals surface area contributed by atoms with Crippen molar-refractivity contribution in [2.45, 2.75) is 46.2 Å². The van der Waals surface area contributed by atoms with E-state index in [2.05, 4.69) is 40.9 Å². The van der Waals surface area contributed by atoms with E-state index in [0.717, 1.165) is 0 Å². The van der Waals surface area contributed by atoms with Gasteiger partial charge in [-0.15, -0.1) is 13.2 Å². The van der Waals surface area contributed by atoms with Gasteiger partial charge in [-0.1, -0.05) is 42.7 Å². The average Bonchev–Trinajstić information content (AvgIpc) is 1.98. The minimum absolute atomic E-state index is 1.26. The third-order valence-corrected chi connectivity index (χ3v) is 8.74. The summed E-state index contributed by atoms with van der Waals surface area (Å²) in [5.74, 6) is 0. The standard InChI is InChI=1S/C11H22Si/c1-7-9-12(8-2,10(3)4)11(5)6/h3,5,7-9H2,1-2,4,6H3. The minimum atomic E-state index is -1.31. The molecular weight excluding hydrogens is 160 g/mol. The zero-order valence-corrected chi connectivity index (χ0v) is 10.0. The van der Waals surface area contributed by atoms with Gasteiger partial charge in [0.1, 0.15) is 8.07 Å². The molecule has 12 heavy (non-hydrogen) atoms. The van der Waals surface area contributed by atoms with Crippen molar-refractivity contribution in [1.82, 2.24) is 0 Å². The first-order valence-corrected chi connectivity index (χ1v) is 7.24. The third kappa shape index (κ3) is 2.10. The van der Waals surface area contributed by atoms with Crippen LogP contribution >= 0.6 is 0 Å². The Morgan fingerprint density at radius 1 is 1.08 bits per heavy atom. The van der Waals surface area contributed by atoms with Gasteiger partial charge >= 0.3 is 0 Å². The molecule has 0 aliphatic heterocycles. The first kappa shape index (κ1) is 11.7. The fraction of sp³-hybridized carbons (Fsp3) is 0.636. The first-order valence-electron chi connectivity index (χ1n) is 4.83. The molecule has 0 radical (unpaired) electrons. The van der Waals surface area contributed by atoms with Gasteiger partial charge in [0, 0.05) is 0 Å². The summed E-state index contributed by atoms with van der Waals surface area (Å²) in [6, 6.07) is 2.60. The molecule has 0 aromatic heterocycles. The van der Waals surface area contributed by atoms with Crippen molar-refractivity contribution in [1.29, 1.82) is 0 Å². The number of hydrogen-bond acceptors (Lipinski definition) is 0. The summed E-state index contributed by atoms with van der Waals surface area (Å²) in [6.07, 6.45) is 1.26. The van der Waals surface area contributed by atoms with E-state index in [1.54, 1.807) is 0 Å². The van der Waals surface area contributed by atoms with Gasteiger partial charge in [-0.2, -0.15) is 0 Å². The molecule has 0 amide bonds. The lowest BCUT2D eigenvalue weighted by molar-refractivity contribution is 1.03. The second-order valence-corrected chi connectivity index (χ2v) is 8.82. The van der Waals surface area contributed by atoms with Crippen molar-refractivity contribution >= 4 is 8.07 Å². The number of allylic oxidation sites excluding steroid dienone is 2. The predicted molar refractivity (Wildman–Crippen MR) is 61.0 cm³/mol. The molecule has 0 N–H and O–H groups in total. The Morgan fingerprint density at radius 3 is 1.58 bits per heavy atom. The van der Waals surface area contributed by atoms with E-state index in [1.165, 1.54) is 28.9 Å². The topological polar surface area (TPSA) is 0 Å². The fourth-order valence-electron chi connectivity index (χ4n) is 2.00. The summed E-state index contributed by atoms with van der Waals surface area (Å²) in [5.41, 5.74) is 0. The van der Waals surface area contributed by atoms with E-state index in [9.17, 15) is 0 Å². The van der Waals surface area contributed by atoms with Crippen LogP contribution in [0.3, 0.4) is 0 Å². The molecule has 70 valence electrons. The molecule has 0 bridgehead atoms. The van der Waals surface area contributed by atoms with E-state index < -0.39 is 8.07 Å². The molecule has 0 aromatic carbocycles. The van der Waals surface area contributed by atoms with Crippen molar-refractivity contribution in [3.8, 4) is 0 Å². The van der Waals surface area contributed by atoms with Gasteiger partial charge in [0.05, 0.1) is 0 Å². The van der Waals surface area contributed by atoms with E-state index in [4.69, 9.17) is 0 Å². The van der Waals surface area contributed by atoms with Crippen LogP contribution in [-0.4, -0.2) is 8.07 Å². The lowest BCUT2D eigenvalue weighted by Crippen LogP contribution is -2.36. The summed E-state index contributed by atoms with van der Waals surface area (Å²) in [5, 5.41) is 2.80. The van der Waals surface area contributed by atoms with Crippen molar-refractivity contribution in [3.05, 3.63) is 23.6 Å². The first-order chi connectivity index (χ1) is 5.51. The maximum absolute atomic E-state index is 4.14. The average molecular weight is 182 g/mol. The van der Waals surface area contributed by atoms with Gasteiger partial charge in [0.15, 0.2) is 0 Å². The highest BCUT2D eigenvalue weighted by Gasteiger charge is 2.31. The maximum Gasteiger partial charge on any atom is 0.106 e. The second-order valence-electron chi connectivity index (χ2n) is 3.75. The van der Waals surface area contributed by atoms with Crippen molar-refractivity contribution in [3.63, 3.8) is 0 Å². The molecule has 0 heterocycles. The van der Waals surface area contributed by atoms with Crippen LogP contribution in [0.25, 0.3) is 0 Å². The normalized spacial score (nSPS) is 11.3. The largest absolute Gasteiger partial charge is 0.106 e. The van der Waals surface area contributed by atoms with Crippen LogP contribution < -0.4 is 0 Å². The molecule has 0 saturated heterocycles. The summed E-state index contributed by atoms with van der Waals surface area (Å²) in [4.78, 5) is 0. The number of hydrogen-bond donors (Lipinski definition) is 0. The van der Waals surface area contributed by atoms with Crippen LogP contribution in [0.5, 0.6) is 0 Å². The van der Waals surface area contributed by atoms with Gasteiger partial charge in [0.2, 0.25) is 0 Å². The molecule has 0 saturated carbocycles. The molecular formula is C11H22Si. The lowest BCUT2D eigenvalue weighted by atomic mass is 10.6. The molecule has 0 nitrogen and oxygen atoms in total. The molecule has 0 fully saturated rings. The SMILES string of the molecule is C=C(C)[Si](CC)(CCC)C(=C)C. The van der Waals surface area contributed by atoms with Crippen molar-refractivity contribution < 1.29 is 0 Å². The molecule has 0 aromatic rings. The van der Waals surface area contributed by atoms with E-state index in [-0.39, 0.29) is 0 Å². The molecule has 0 unspecified atom stereocenters.